The van der Waals surface area contributed by atoms with Crippen molar-refractivity contribution in [3.8, 4) is 23.0 Å². The van der Waals surface area contributed by atoms with Crippen LogP contribution in [-0.4, -0.2) is 31.7 Å². The molecule has 0 atom stereocenters. The summed E-state index contributed by atoms with van der Waals surface area (Å²) in [6.07, 6.45) is 1.59. The molecular weight excluding hydrogens is 496 g/mol. The third-order valence-corrected chi connectivity index (χ3v) is 7.96. The Morgan fingerprint density at radius 1 is 0.938 bits per heavy atom. The first-order valence-corrected chi connectivity index (χ1v) is 12.4. The maximum Gasteiger partial charge on any atom is 0.259 e. The molecule has 0 radical (unpaired) electrons. The number of amides is 1. The van der Waals surface area contributed by atoms with Crippen LogP contribution in [0.2, 0.25) is 0 Å². The van der Waals surface area contributed by atoms with E-state index in [1.165, 1.54) is 16.4 Å². The largest absolute Gasteiger partial charge is 0.455 e. The lowest BCUT2D eigenvalue weighted by molar-refractivity contribution is 0.102. The molecule has 0 saturated carbocycles. The summed E-state index contributed by atoms with van der Waals surface area (Å²) in [7, 11) is -3.88. The van der Waals surface area contributed by atoms with Crippen molar-refractivity contribution in [1.82, 2.24) is 4.31 Å². The molecule has 3 aromatic rings. The number of rotatable bonds is 4. The number of halogens is 1. The van der Waals surface area contributed by atoms with Crippen LogP contribution in [-0.2, 0) is 10.0 Å². The Morgan fingerprint density at radius 2 is 1.66 bits per heavy atom. The number of carbonyl (C=O) groups excluding carboxylic acids is 1. The normalized spacial score (nSPS) is 15.8. The molecule has 0 unspecified atom stereocenters. The van der Waals surface area contributed by atoms with Gasteiger partial charge < -0.3 is 14.8 Å². The van der Waals surface area contributed by atoms with Crippen molar-refractivity contribution in [3.63, 3.8) is 0 Å². The lowest BCUT2D eigenvalue weighted by Crippen LogP contribution is -2.28. The van der Waals surface area contributed by atoms with Gasteiger partial charge in [-0.25, -0.2) is 8.42 Å². The molecule has 1 N–H and O–H groups in total. The fraction of sp³-hybridized carbons (Fsp3) is 0.174. The second-order valence-electron chi connectivity index (χ2n) is 7.49. The number of ether oxygens (including phenoxy) is 2. The first-order chi connectivity index (χ1) is 15.4. The molecule has 2 heterocycles. The highest BCUT2D eigenvalue weighted by Gasteiger charge is 2.33. The minimum atomic E-state index is -3.88. The quantitative estimate of drug-likeness (QED) is 0.504. The third-order valence-electron chi connectivity index (χ3n) is 5.39. The SMILES string of the molecule is O=C1Nc2ccccc2Oc2cc(Oc3ccccc3Br)c(S(=O)(=O)N3CCCC3)cc21. The summed E-state index contributed by atoms with van der Waals surface area (Å²) in [5.41, 5.74) is 0.629. The fourth-order valence-corrected chi connectivity index (χ4v) is 5.77. The van der Waals surface area contributed by atoms with Crippen molar-refractivity contribution in [2.24, 2.45) is 0 Å². The van der Waals surface area contributed by atoms with Crippen LogP contribution in [0.5, 0.6) is 23.0 Å². The zero-order valence-corrected chi connectivity index (χ0v) is 19.3. The molecule has 1 amide bonds. The van der Waals surface area contributed by atoms with Crippen LogP contribution in [0, 0.1) is 0 Å². The zero-order valence-electron chi connectivity index (χ0n) is 16.9. The van der Waals surface area contributed by atoms with Crippen molar-refractivity contribution in [3.05, 3.63) is 70.7 Å². The third kappa shape index (κ3) is 3.76. The first-order valence-electron chi connectivity index (χ1n) is 10.1. The minimum Gasteiger partial charge on any atom is -0.455 e. The van der Waals surface area contributed by atoms with Gasteiger partial charge in [0.05, 0.1) is 15.7 Å². The highest BCUT2D eigenvalue weighted by atomic mass is 79.9. The van der Waals surface area contributed by atoms with Crippen molar-refractivity contribution in [2.75, 3.05) is 18.4 Å². The van der Waals surface area contributed by atoms with E-state index in [-0.39, 0.29) is 22.0 Å². The topological polar surface area (TPSA) is 84.9 Å². The number of fused-ring (bicyclic) bond motifs is 2. The van der Waals surface area contributed by atoms with Gasteiger partial charge in [-0.3, -0.25) is 4.79 Å². The molecule has 164 valence electrons. The molecule has 1 fully saturated rings. The lowest BCUT2D eigenvalue weighted by Gasteiger charge is -2.20. The molecule has 7 nitrogen and oxygen atoms in total. The molecule has 3 aromatic carbocycles. The zero-order chi connectivity index (χ0) is 22.3. The minimum absolute atomic E-state index is 0.0707. The molecule has 5 rings (SSSR count). The number of nitrogens with one attached hydrogen (secondary N) is 1. The van der Waals surface area contributed by atoms with E-state index in [2.05, 4.69) is 21.2 Å². The maximum atomic E-state index is 13.5. The van der Waals surface area contributed by atoms with Gasteiger partial charge in [0.25, 0.3) is 5.91 Å². The van der Waals surface area contributed by atoms with Crippen molar-refractivity contribution in [1.29, 1.82) is 0 Å². The van der Waals surface area contributed by atoms with Crippen LogP contribution in [0.1, 0.15) is 23.2 Å². The molecule has 2 aliphatic heterocycles. The molecule has 9 heteroatoms. The Morgan fingerprint density at radius 3 is 2.44 bits per heavy atom. The molecule has 0 bridgehead atoms. The van der Waals surface area contributed by atoms with Crippen LogP contribution in [0.4, 0.5) is 5.69 Å². The van der Waals surface area contributed by atoms with Gasteiger partial charge in [0.15, 0.2) is 11.5 Å². The molecule has 2 aliphatic rings. The van der Waals surface area contributed by atoms with Crippen molar-refractivity contribution >= 4 is 37.5 Å². The van der Waals surface area contributed by atoms with Gasteiger partial charge in [-0.1, -0.05) is 24.3 Å². The Balaban J connectivity index is 1.68. The first kappa shape index (κ1) is 21.0. The second-order valence-corrected chi connectivity index (χ2v) is 10.3. The highest BCUT2D eigenvalue weighted by Crippen LogP contribution is 2.43. The average Bonchev–Trinajstić information content (AvgIpc) is 3.28. The van der Waals surface area contributed by atoms with Crippen molar-refractivity contribution < 1.29 is 22.7 Å². The van der Waals surface area contributed by atoms with Crippen LogP contribution in [0.15, 0.2) is 70.0 Å². The molecule has 1 saturated heterocycles. The van der Waals surface area contributed by atoms with E-state index in [0.717, 1.165) is 12.8 Å². The summed E-state index contributed by atoms with van der Waals surface area (Å²) in [4.78, 5) is 12.9. The molecule has 0 aliphatic carbocycles. The smallest absolute Gasteiger partial charge is 0.259 e. The fourth-order valence-electron chi connectivity index (χ4n) is 3.77. The Kier molecular flexibility index (Phi) is 5.40. The number of hydrogen-bond donors (Lipinski definition) is 1. The van der Waals surface area contributed by atoms with Gasteiger partial charge in [0, 0.05) is 19.2 Å². The molecular formula is C23H19BrN2O5S. The summed E-state index contributed by atoms with van der Waals surface area (Å²) in [6, 6.07) is 17.0. The van der Waals surface area contributed by atoms with Crippen LogP contribution >= 0.6 is 15.9 Å². The molecule has 0 aromatic heterocycles. The van der Waals surface area contributed by atoms with Crippen LogP contribution in [0.25, 0.3) is 0 Å². The van der Waals surface area contributed by atoms with Gasteiger partial charge in [0.2, 0.25) is 10.0 Å². The van der Waals surface area contributed by atoms with Crippen LogP contribution in [0.3, 0.4) is 0 Å². The number of para-hydroxylation sites is 3. The Hall–Kier alpha value is -2.88. The van der Waals surface area contributed by atoms with Gasteiger partial charge in [0.1, 0.15) is 16.4 Å². The van der Waals surface area contributed by atoms with Crippen molar-refractivity contribution in [2.45, 2.75) is 17.7 Å². The maximum absolute atomic E-state index is 13.5. The average molecular weight is 515 g/mol. The van der Waals surface area contributed by atoms with Gasteiger partial charge in [-0.15, -0.1) is 0 Å². The standard InChI is InChI=1S/C23H19BrN2O5S/c24-16-7-1-3-9-18(16)30-21-14-20-15(13-22(21)32(28,29)26-11-5-6-12-26)23(27)25-17-8-2-4-10-19(17)31-20/h1-4,7-10,13-14H,5-6,11-12H2,(H,25,27). The number of carbonyl (C=O) groups is 1. The number of nitrogens with zero attached hydrogens (tertiary/aromatic N) is 1. The number of hydrogen-bond acceptors (Lipinski definition) is 5. The summed E-state index contributed by atoms with van der Waals surface area (Å²) in [5, 5.41) is 2.78. The lowest BCUT2D eigenvalue weighted by atomic mass is 10.1. The number of sulfonamides is 1. The predicted molar refractivity (Wildman–Crippen MR) is 123 cm³/mol. The van der Waals surface area contributed by atoms with Crippen LogP contribution < -0.4 is 14.8 Å². The summed E-state index contributed by atoms with van der Waals surface area (Å²) in [5.74, 6) is 0.769. The van der Waals surface area contributed by atoms with E-state index in [1.807, 2.05) is 6.07 Å². The summed E-state index contributed by atoms with van der Waals surface area (Å²) in [6.45, 7) is 0.865. The number of benzene rings is 3. The van der Waals surface area contributed by atoms with E-state index < -0.39 is 15.9 Å². The second kappa shape index (κ2) is 8.23. The number of anilines is 1. The van der Waals surface area contributed by atoms with E-state index >= 15 is 0 Å². The molecule has 0 spiro atoms. The highest BCUT2D eigenvalue weighted by molar-refractivity contribution is 9.10. The van der Waals surface area contributed by atoms with E-state index in [0.29, 0.717) is 34.7 Å². The molecule has 32 heavy (non-hydrogen) atoms. The van der Waals surface area contributed by atoms with Gasteiger partial charge in [-0.2, -0.15) is 4.31 Å². The summed E-state index contributed by atoms with van der Waals surface area (Å²) >= 11 is 3.43. The Bertz CT molecular complexity index is 1320. The van der Waals surface area contributed by atoms with E-state index in [9.17, 15) is 13.2 Å². The summed E-state index contributed by atoms with van der Waals surface area (Å²) < 4.78 is 41.1. The van der Waals surface area contributed by atoms with Gasteiger partial charge >= 0.3 is 0 Å². The van der Waals surface area contributed by atoms with E-state index in [1.54, 1.807) is 42.5 Å². The van der Waals surface area contributed by atoms with E-state index in [4.69, 9.17) is 9.47 Å². The Labute approximate surface area is 194 Å². The predicted octanol–water partition coefficient (Wildman–Crippen LogP) is 5.38. The monoisotopic (exact) mass is 514 g/mol. The van der Waals surface area contributed by atoms with Gasteiger partial charge in [-0.05, 0) is 59.1 Å².